The molecule has 2 N–H and O–H groups in total. The van der Waals surface area contributed by atoms with Crippen LogP contribution in [0.3, 0.4) is 0 Å². The zero-order chi connectivity index (χ0) is 16.1. The average Bonchev–Trinajstić information content (AvgIpc) is 3.39. The van der Waals surface area contributed by atoms with Gasteiger partial charge in [-0.05, 0) is 44.4 Å². The Morgan fingerprint density at radius 1 is 1.17 bits per heavy atom. The van der Waals surface area contributed by atoms with Crippen LogP contribution in [0.4, 0.5) is 0 Å². The molecule has 3 rings (SSSR count). The summed E-state index contributed by atoms with van der Waals surface area (Å²) in [5.41, 5.74) is -0.542. The molecule has 0 atom stereocenters. The molecule has 1 aliphatic heterocycles. The summed E-state index contributed by atoms with van der Waals surface area (Å²) < 4.78 is 6.01. The molecular formula is C18H33N3O2. The van der Waals surface area contributed by atoms with E-state index in [1.807, 2.05) is 7.05 Å². The maximum absolute atomic E-state index is 10.6. The lowest BCUT2D eigenvalue weighted by Crippen LogP contribution is -2.51. The third-order valence-electron chi connectivity index (χ3n) is 5.58. The standard InChI is InChI=1S/C18H33N3O2/c1-19-17(20-14-18(22)9-3-2-4-10-18)21-11-7-16(8-12-21)23-13-15-5-6-15/h15-16,22H,2-14H2,1H3,(H,19,20). The summed E-state index contributed by atoms with van der Waals surface area (Å²) >= 11 is 0. The second-order valence-corrected chi connectivity index (χ2v) is 7.65. The number of aliphatic hydroxyl groups is 1. The van der Waals surface area contributed by atoms with E-state index in [0.717, 1.165) is 70.1 Å². The van der Waals surface area contributed by atoms with Gasteiger partial charge >= 0.3 is 0 Å². The summed E-state index contributed by atoms with van der Waals surface area (Å²) in [4.78, 5) is 6.72. The molecule has 0 aromatic heterocycles. The first-order valence-corrected chi connectivity index (χ1v) is 9.48. The van der Waals surface area contributed by atoms with Gasteiger partial charge in [0.05, 0.1) is 11.7 Å². The molecule has 0 amide bonds. The van der Waals surface area contributed by atoms with Crippen LogP contribution in [0.25, 0.3) is 0 Å². The Kier molecular flexibility index (Phi) is 5.81. The molecule has 0 spiro atoms. The van der Waals surface area contributed by atoms with Gasteiger partial charge in [0.15, 0.2) is 5.96 Å². The lowest BCUT2D eigenvalue weighted by atomic mass is 9.85. The van der Waals surface area contributed by atoms with Crippen LogP contribution in [0.2, 0.25) is 0 Å². The summed E-state index contributed by atoms with van der Waals surface area (Å²) in [6.45, 7) is 3.57. The highest BCUT2D eigenvalue weighted by molar-refractivity contribution is 5.80. The van der Waals surface area contributed by atoms with Crippen molar-refractivity contribution in [2.24, 2.45) is 10.9 Å². The molecule has 23 heavy (non-hydrogen) atoms. The zero-order valence-corrected chi connectivity index (χ0v) is 14.6. The molecule has 5 nitrogen and oxygen atoms in total. The molecule has 132 valence electrons. The summed E-state index contributed by atoms with van der Waals surface area (Å²) in [5.74, 6) is 1.78. The average molecular weight is 323 g/mol. The number of rotatable bonds is 5. The van der Waals surface area contributed by atoms with Gasteiger partial charge in [0.1, 0.15) is 0 Å². The Hall–Kier alpha value is -0.810. The number of guanidine groups is 1. The number of piperidine rings is 1. The van der Waals surface area contributed by atoms with Crippen LogP contribution in [-0.4, -0.2) is 61.0 Å². The van der Waals surface area contributed by atoms with Crippen molar-refractivity contribution in [2.75, 3.05) is 33.3 Å². The fourth-order valence-corrected chi connectivity index (χ4v) is 3.75. The minimum Gasteiger partial charge on any atom is -0.388 e. The molecule has 2 aliphatic carbocycles. The van der Waals surface area contributed by atoms with Crippen LogP contribution in [0.5, 0.6) is 0 Å². The molecule has 0 aromatic rings. The zero-order valence-electron chi connectivity index (χ0n) is 14.6. The minimum absolute atomic E-state index is 0.424. The van der Waals surface area contributed by atoms with Crippen LogP contribution >= 0.6 is 0 Å². The molecule has 3 aliphatic rings. The van der Waals surface area contributed by atoms with Crippen molar-refractivity contribution in [1.82, 2.24) is 10.2 Å². The highest BCUT2D eigenvalue weighted by Crippen LogP contribution is 2.30. The van der Waals surface area contributed by atoms with Crippen molar-refractivity contribution in [3.63, 3.8) is 0 Å². The molecule has 5 heteroatoms. The Balaban J connectivity index is 1.40. The van der Waals surface area contributed by atoms with Crippen molar-refractivity contribution in [1.29, 1.82) is 0 Å². The molecule has 0 bridgehead atoms. The normalized spacial score (nSPS) is 26.3. The van der Waals surface area contributed by atoms with Gasteiger partial charge in [0.25, 0.3) is 0 Å². The number of aliphatic imine (C=N–C) groups is 1. The van der Waals surface area contributed by atoms with Gasteiger partial charge in [-0.2, -0.15) is 0 Å². The molecule has 0 unspecified atom stereocenters. The lowest BCUT2D eigenvalue weighted by molar-refractivity contribution is 0.00489. The van der Waals surface area contributed by atoms with Crippen LogP contribution in [0.15, 0.2) is 4.99 Å². The highest BCUT2D eigenvalue weighted by Gasteiger charge is 2.30. The van der Waals surface area contributed by atoms with E-state index in [1.54, 1.807) is 0 Å². The third-order valence-corrected chi connectivity index (χ3v) is 5.58. The van der Waals surface area contributed by atoms with Crippen molar-refractivity contribution in [2.45, 2.75) is 69.5 Å². The van der Waals surface area contributed by atoms with Gasteiger partial charge < -0.3 is 20.1 Å². The van der Waals surface area contributed by atoms with E-state index in [2.05, 4.69) is 15.2 Å². The fraction of sp³-hybridized carbons (Fsp3) is 0.944. The Morgan fingerprint density at radius 3 is 2.48 bits per heavy atom. The molecule has 2 saturated carbocycles. The second kappa shape index (κ2) is 7.84. The first-order chi connectivity index (χ1) is 11.2. The van der Waals surface area contributed by atoms with Gasteiger partial charge in [-0.3, -0.25) is 4.99 Å². The quantitative estimate of drug-likeness (QED) is 0.601. The monoisotopic (exact) mass is 323 g/mol. The lowest BCUT2D eigenvalue weighted by Gasteiger charge is -2.37. The Morgan fingerprint density at radius 2 is 1.87 bits per heavy atom. The number of likely N-dealkylation sites (tertiary alicyclic amines) is 1. The maximum Gasteiger partial charge on any atom is 0.193 e. The van der Waals surface area contributed by atoms with Crippen molar-refractivity contribution < 1.29 is 9.84 Å². The summed E-state index contributed by atoms with van der Waals surface area (Å²) in [5, 5.41) is 14.0. The largest absolute Gasteiger partial charge is 0.388 e. The molecule has 0 radical (unpaired) electrons. The first-order valence-electron chi connectivity index (χ1n) is 9.48. The Labute approximate surface area is 140 Å². The van der Waals surface area contributed by atoms with Crippen molar-refractivity contribution in [3.8, 4) is 0 Å². The summed E-state index contributed by atoms with van der Waals surface area (Å²) in [6.07, 6.45) is 10.7. The molecule has 1 heterocycles. The van der Waals surface area contributed by atoms with Gasteiger partial charge in [0.2, 0.25) is 0 Å². The van der Waals surface area contributed by atoms with Crippen LogP contribution < -0.4 is 5.32 Å². The minimum atomic E-state index is -0.542. The second-order valence-electron chi connectivity index (χ2n) is 7.65. The van der Waals surface area contributed by atoms with Gasteiger partial charge in [0, 0.05) is 33.3 Å². The van der Waals surface area contributed by atoms with E-state index in [4.69, 9.17) is 4.74 Å². The predicted octanol–water partition coefficient (Wildman–Crippen LogP) is 2.15. The van der Waals surface area contributed by atoms with Crippen molar-refractivity contribution >= 4 is 5.96 Å². The summed E-state index contributed by atoms with van der Waals surface area (Å²) in [7, 11) is 1.84. The van der Waals surface area contributed by atoms with Crippen molar-refractivity contribution in [3.05, 3.63) is 0 Å². The first kappa shape index (κ1) is 17.0. The van der Waals surface area contributed by atoms with E-state index in [1.165, 1.54) is 19.3 Å². The number of nitrogens with one attached hydrogen (secondary N) is 1. The number of hydrogen-bond acceptors (Lipinski definition) is 3. The number of ether oxygens (including phenoxy) is 1. The van der Waals surface area contributed by atoms with Crippen LogP contribution in [-0.2, 0) is 4.74 Å². The van der Waals surface area contributed by atoms with Gasteiger partial charge in [-0.25, -0.2) is 0 Å². The highest BCUT2D eigenvalue weighted by atomic mass is 16.5. The SMILES string of the molecule is CN=C(NCC1(O)CCCCC1)N1CCC(OCC2CC2)CC1. The van der Waals surface area contributed by atoms with Crippen LogP contribution in [0.1, 0.15) is 57.8 Å². The smallest absolute Gasteiger partial charge is 0.193 e. The van der Waals surface area contributed by atoms with E-state index in [-0.39, 0.29) is 0 Å². The van der Waals surface area contributed by atoms with Gasteiger partial charge in [-0.15, -0.1) is 0 Å². The van der Waals surface area contributed by atoms with E-state index in [0.29, 0.717) is 12.6 Å². The Bertz CT molecular complexity index is 395. The molecule has 1 saturated heterocycles. The predicted molar refractivity (Wildman–Crippen MR) is 92.7 cm³/mol. The van der Waals surface area contributed by atoms with Gasteiger partial charge in [-0.1, -0.05) is 19.3 Å². The fourth-order valence-electron chi connectivity index (χ4n) is 3.75. The van der Waals surface area contributed by atoms with Crippen LogP contribution in [0, 0.1) is 5.92 Å². The van der Waals surface area contributed by atoms with E-state index >= 15 is 0 Å². The summed E-state index contributed by atoms with van der Waals surface area (Å²) in [6, 6.07) is 0. The number of nitrogens with zero attached hydrogens (tertiary/aromatic N) is 2. The third kappa shape index (κ3) is 5.08. The number of hydrogen-bond donors (Lipinski definition) is 2. The topological polar surface area (TPSA) is 57.1 Å². The maximum atomic E-state index is 10.6. The molecule has 3 fully saturated rings. The van der Waals surface area contributed by atoms with E-state index in [9.17, 15) is 5.11 Å². The molecular weight excluding hydrogens is 290 g/mol. The van der Waals surface area contributed by atoms with E-state index < -0.39 is 5.60 Å². The molecule has 0 aromatic carbocycles.